The number of carbonyl (C=O) groups is 1. The fourth-order valence-electron chi connectivity index (χ4n) is 1.71. The van der Waals surface area contributed by atoms with Crippen LogP contribution in [0.4, 0.5) is 5.69 Å². The predicted molar refractivity (Wildman–Crippen MR) is 77.5 cm³/mol. The van der Waals surface area contributed by atoms with Crippen LogP contribution in [-0.2, 0) is 9.53 Å². The molecular formula is C14H18N4O3. The summed E-state index contributed by atoms with van der Waals surface area (Å²) < 4.78 is 10.1. The van der Waals surface area contributed by atoms with Gasteiger partial charge in [0, 0.05) is 17.8 Å². The number of carbonyl (C=O) groups excluding carboxylic acids is 1. The molecule has 0 aliphatic rings. The van der Waals surface area contributed by atoms with Gasteiger partial charge in [-0.2, -0.15) is 0 Å². The van der Waals surface area contributed by atoms with Crippen LogP contribution >= 0.6 is 0 Å². The molecule has 1 atom stereocenters. The second-order valence-electron chi connectivity index (χ2n) is 4.57. The molecule has 0 aliphatic carbocycles. The maximum Gasteiger partial charge on any atom is 0.307 e. The van der Waals surface area contributed by atoms with Gasteiger partial charge >= 0.3 is 5.97 Å². The van der Waals surface area contributed by atoms with Crippen molar-refractivity contribution in [3.05, 3.63) is 30.2 Å². The standard InChI is InChI=1S/C14H18N4O3/c1-9(15)13-17-18-14(21-13)10-4-3-5-11(8-10)16-7-6-12(19)20-2/h3-5,8-9,16H,6-7,15H2,1-2H3. The molecule has 1 heterocycles. The first-order valence-corrected chi connectivity index (χ1v) is 6.60. The highest BCUT2D eigenvalue weighted by molar-refractivity contribution is 5.70. The van der Waals surface area contributed by atoms with Crippen LogP contribution in [0.25, 0.3) is 11.5 Å². The van der Waals surface area contributed by atoms with Gasteiger partial charge in [0.1, 0.15) is 0 Å². The summed E-state index contributed by atoms with van der Waals surface area (Å²) in [7, 11) is 1.37. The number of nitrogens with zero attached hydrogens (tertiary/aromatic N) is 2. The Kier molecular flexibility index (Phi) is 4.89. The van der Waals surface area contributed by atoms with Crippen molar-refractivity contribution in [1.82, 2.24) is 10.2 Å². The van der Waals surface area contributed by atoms with Crippen LogP contribution in [0, 0.1) is 0 Å². The first-order valence-electron chi connectivity index (χ1n) is 6.60. The number of rotatable bonds is 6. The predicted octanol–water partition coefficient (Wildman–Crippen LogP) is 1.73. The highest BCUT2D eigenvalue weighted by atomic mass is 16.5. The number of nitrogens with one attached hydrogen (secondary N) is 1. The van der Waals surface area contributed by atoms with E-state index in [1.165, 1.54) is 7.11 Å². The van der Waals surface area contributed by atoms with Crippen LogP contribution in [-0.4, -0.2) is 29.8 Å². The maximum absolute atomic E-state index is 11.0. The van der Waals surface area contributed by atoms with E-state index in [0.717, 1.165) is 11.3 Å². The van der Waals surface area contributed by atoms with Crippen LogP contribution in [0.3, 0.4) is 0 Å². The van der Waals surface area contributed by atoms with Crippen molar-refractivity contribution in [2.45, 2.75) is 19.4 Å². The number of aromatic nitrogens is 2. The van der Waals surface area contributed by atoms with Gasteiger partial charge < -0.3 is 20.2 Å². The summed E-state index contributed by atoms with van der Waals surface area (Å²) in [5.41, 5.74) is 7.34. The lowest BCUT2D eigenvalue weighted by Crippen LogP contribution is -2.09. The number of nitrogens with two attached hydrogens (primary N) is 1. The van der Waals surface area contributed by atoms with E-state index in [1.54, 1.807) is 6.92 Å². The van der Waals surface area contributed by atoms with Crippen LogP contribution in [0.5, 0.6) is 0 Å². The van der Waals surface area contributed by atoms with E-state index in [4.69, 9.17) is 10.2 Å². The fourth-order valence-corrected chi connectivity index (χ4v) is 1.71. The molecule has 0 spiro atoms. The molecule has 0 fully saturated rings. The van der Waals surface area contributed by atoms with E-state index < -0.39 is 0 Å². The van der Waals surface area contributed by atoms with Gasteiger partial charge in [-0.1, -0.05) is 6.07 Å². The Morgan fingerprint density at radius 2 is 2.29 bits per heavy atom. The number of benzene rings is 1. The molecule has 1 aromatic carbocycles. The second-order valence-corrected chi connectivity index (χ2v) is 4.57. The Morgan fingerprint density at radius 1 is 1.48 bits per heavy atom. The first kappa shape index (κ1) is 15.0. The minimum atomic E-state index is -0.299. The van der Waals surface area contributed by atoms with E-state index >= 15 is 0 Å². The van der Waals surface area contributed by atoms with Gasteiger partial charge in [0.15, 0.2) is 0 Å². The molecule has 7 heteroatoms. The highest BCUT2D eigenvalue weighted by Crippen LogP contribution is 2.22. The topological polar surface area (TPSA) is 103 Å². The highest BCUT2D eigenvalue weighted by Gasteiger charge is 2.11. The summed E-state index contributed by atoms with van der Waals surface area (Å²) in [6, 6.07) is 7.20. The monoisotopic (exact) mass is 290 g/mol. The van der Waals surface area contributed by atoms with Gasteiger partial charge in [-0.25, -0.2) is 0 Å². The van der Waals surface area contributed by atoms with Gasteiger partial charge in [-0.15, -0.1) is 10.2 Å². The van der Waals surface area contributed by atoms with Crippen molar-refractivity contribution in [2.75, 3.05) is 19.0 Å². The van der Waals surface area contributed by atoms with Crippen molar-refractivity contribution in [3.63, 3.8) is 0 Å². The Morgan fingerprint density at radius 3 is 2.95 bits per heavy atom. The molecule has 1 aromatic heterocycles. The minimum absolute atomic E-state index is 0.253. The summed E-state index contributed by atoms with van der Waals surface area (Å²) in [5.74, 6) is 0.560. The normalized spacial score (nSPS) is 12.0. The largest absolute Gasteiger partial charge is 0.469 e. The summed E-state index contributed by atoms with van der Waals surface area (Å²) in [4.78, 5) is 11.0. The maximum atomic E-state index is 11.0. The van der Waals surface area contributed by atoms with E-state index in [9.17, 15) is 4.79 Å². The van der Waals surface area contributed by atoms with Crippen molar-refractivity contribution < 1.29 is 13.9 Å². The van der Waals surface area contributed by atoms with Gasteiger partial charge in [-0.3, -0.25) is 4.79 Å². The zero-order chi connectivity index (χ0) is 15.2. The molecule has 21 heavy (non-hydrogen) atoms. The zero-order valence-corrected chi connectivity index (χ0v) is 12.0. The second kappa shape index (κ2) is 6.85. The van der Waals surface area contributed by atoms with Crippen LogP contribution in [0.15, 0.2) is 28.7 Å². The average molecular weight is 290 g/mol. The lowest BCUT2D eigenvalue weighted by Gasteiger charge is -2.06. The Hall–Kier alpha value is -2.41. The summed E-state index contributed by atoms with van der Waals surface area (Å²) >= 11 is 0. The third-order valence-electron chi connectivity index (χ3n) is 2.83. The first-order chi connectivity index (χ1) is 10.1. The van der Waals surface area contributed by atoms with Gasteiger partial charge in [-0.05, 0) is 25.1 Å². The molecule has 3 N–H and O–H groups in total. The number of ether oxygens (including phenoxy) is 1. The minimum Gasteiger partial charge on any atom is -0.469 e. The number of methoxy groups -OCH3 is 1. The summed E-state index contributed by atoms with van der Waals surface area (Å²) in [5, 5.41) is 11.0. The van der Waals surface area contributed by atoms with Crippen molar-refractivity contribution in [3.8, 4) is 11.5 Å². The Balaban J connectivity index is 2.04. The van der Waals surface area contributed by atoms with Crippen LogP contribution < -0.4 is 11.1 Å². The lowest BCUT2D eigenvalue weighted by atomic mass is 10.2. The zero-order valence-electron chi connectivity index (χ0n) is 12.0. The average Bonchev–Trinajstić information content (AvgIpc) is 2.97. The molecule has 0 bridgehead atoms. The van der Waals surface area contributed by atoms with Crippen LogP contribution in [0.1, 0.15) is 25.3 Å². The fraction of sp³-hybridized carbons (Fsp3) is 0.357. The number of hydrogen-bond donors (Lipinski definition) is 2. The third-order valence-corrected chi connectivity index (χ3v) is 2.83. The molecule has 0 saturated carbocycles. The molecule has 1 unspecified atom stereocenters. The van der Waals surface area contributed by atoms with E-state index in [2.05, 4.69) is 20.3 Å². The molecule has 2 aromatic rings. The third kappa shape index (κ3) is 4.03. The van der Waals surface area contributed by atoms with Crippen molar-refractivity contribution in [1.29, 1.82) is 0 Å². The van der Waals surface area contributed by atoms with Gasteiger partial charge in [0.2, 0.25) is 11.8 Å². The molecule has 112 valence electrons. The van der Waals surface area contributed by atoms with E-state index in [0.29, 0.717) is 24.7 Å². The lowest BCUT2D eigenvalue weighted by molar-refractivity contribution is -0.140. The molecule has 0 saturated heterocycles. The molecule has 0 amide bonds. The SMILES string of the molecule is COC(=O)CCNc1cccc(-c2nnc(C(C)N)o2)c1. The summed E-state index contributed by atoms with van der Waals surface area (Å²) in [6.07, 6.45) is 0.302. The molecule has 2 rings (SSSR count). The van der Waals surface area contributed by atoms with Gasteiger partial charge in [0.25, 0.3) is 0 Å². The molecule has 0 radical (unpaired) electrons. The Bertz CT molecular complexity index is 610. The van der Waals surface area contributed by atoms with Gasteiger partial charge in [0.05, 0.1) is 19.6 Å². The number of hydrogen-bond acceptors (Lipinski definition) is 7. The van der Waals surface area contributed by atoms with E-state index in [1.807, 2.05) is 24.3 Å². The quantitative estimate of drug-likeness (QED) is 0.781. The number of esters is 1. The van der Waals surface area contributed by atoms with Crippen molar-refractivity contribution >= 4 is 11.7 Å². The molecule has 7 nitrogen and oxygen atoms in total. The smallest absolute Gasteiger partial charge is 0.307 e. The molecular weight excluding hydrogens is 272 g/mol. The van der Waals surface area contributed by atoms with Crippen LogP contribution in [0.2, 0.25) is 0 Å². The van der Waals surface area contributed by atoms with E-state index in [-0.39, 0.29) is 12.0 Å². The molecule has 0 aliphatic heterocycles. The number of anilines is 1. The Labute approximate surface area is 122 Å². The van der Waals surface area contributed by atoms with Crippen molar-refractivity contribution in [2.24, 2.45) is 5.73 Å². The summed E-state index contributed by atoms with van der Waals surface area (Å²) in [6.45, 7) is 2.27.